The van der Waals surface area contributed by atoms with Gasteiger partial charge in [0.1, 0.15) is 11.3 Å². The van der Waals surface area contributed by atoms with Crippen molar-refractivity contribution in [3.8, 4) is 5.75 Å². The number of methoxy groups -OCH3 is 1. The van der Waals surface area contributed by atoms with Crippen LogP contribution in [0.15, 0.2) is 53.3 Å². The molecule has 3 aromatic rings. The van der Waals surface area contributed by atoms with Gasteiger partial charge in [-0.3, -0.25) is 4.79 Å². The fourth-order valence-electron chi connectivity index (χ4n) is 2.72. The molecule has 3 rings (SSSR count). The highest BCUT2D eigenvalue weighted by atomic mass is 16.5. The Hall–Kier alpha value is -3.42. The van der Waals surface area contributed by atoms with Crippen molar-refractivity contribution in [1.82, 2.24) is 20.3 Å². The van der Waals surface area contributed by atoms with Crippen molar-refractivity contribution in [2.75, 3.05) is 12.4 Å². The van der Waals surface area contributed by atoms with E-state index in [0.717, 1.165) is 0 Å². The van der Waals surface area contributed by atoms with Gasteiger partial charge < -0.3 is 15.4 Å². The monoisotopic (exact) mass is 367 g/mol. The number of fused-ring (bicyclic) bond motifs is 1. The second-order valence-corrected chi connectivity index (χ2v) is 6.00. The summed E-state index contributed by atoms with van der Waals surface area (Å²) in [5, 5.41) is 14.2. The maximum atomic E-state index is 12.6. The lowest BCUT2D eigenvalue weighted by atomic mass is 10.2. The van der Waals surface area contributed by atoms with E-state index in [4.69, 9.17) is 4.74 Å². The Balaban J connectivity index is 1.71. The van der Waals surface area contributed by atoms with Crippen LogP contribution in [-0.2, 0) is 6.54 Å². The number of hydrogen-bond acceptors (Lipinski definition) is 5. The van der Waals surface area contributed by atoms with Gasteiger partial charge in [0.2, 0.25) is 0 Å². The number of aromatic nitrogens is 3. The van der Waals surface area contributed by atoms with Crippen LogP contribution in [0.2, 0.25) is 0 Å². The molecular formula is C19H21N5O3. The number of urea groups is 1. The van der Waals surface area contributed by atoms with Crippen LogP contribution in [-0.4, -0.2) is 34.2 Å². The molecule has 0 bridgehead atoms. The maximum absolute atomic E-state index is 12.6. The molecule has 0 radical (unpaired) electrons. The van der Waals surface area contributed by atoms with E-state index in [2.05, 4.69) is 20.9 Å². The molecule has 27 heavy (non-hydrogen) atoms. The van der Waals surface area contributed by atoms with Crippen LogP contribution in [0.3, 0.4) is 0 Å². The van der Waals surface area contributed by atoms with E-state index in [1.165, 1.54) is 11.8 Å². The first-order valence-electron chi connectivity index (χ1n) is 8.65. The third kappa shape index (κ3) is 4.22. The first kappa shape index (κ1) is 18.4. The van der Waals surface area contributed by atoms with E-state index in [1.807, 2.05) is 13.0 Å². The van der Waals surface area contributed by atoms with Gasteiger partial charge in [0, 0.05) is 0 Å². The van der Waals surface area contributed by atoms with E-state index in [-0.39, 0.29) is 24.2 Å². The number of rotatable bonds is 6. The van der Waals surface area contributed by atoms with Crippen LogP contribution in [0.25, 0.3) is 10.9 Å². The molecule has 0 aliphatic heterocycles. The van der Waals surface area contributed by atoms with Gasteiger partial charge in [0.05, 0.1) is 30.8 Å². The molecular weight excluding hydrogens is 346 g/mol. The molecule has 1 atom stereocenters. The van der Waals surface area contributed by atoms with Gasteiger partial charge in [0.25, 0.3) is 5.56 Å². The number of carbonyl (C=O) groups is 1. The van der Waals surface area contributed by atoms with E-state index >= 15 is 0 Å². The molecule has 8 heteroatoms. The van der Waals surface area contributed by atoms with Crippen LogP contribution in [0.4, 0.5) is 10.5 Å². The van der Waals surface area contributed by atoms with Crippen molar-refractivity contribution < 1.29 is 9.53 Å². The number of benzene rings is 2. The Kier molecular flexibility index (Phi) is 5.65. The molecule has 8 nitrogen and oxygen atoms in total. The average Bonchev–Trinajstić information content (AvgIpc) is 2.70. The number of para-hydroxylation sites is 2. The van der Waals surface area contributed by atoms with Crippen LogP contribution >= 0.6 is 0 Å². The number of anilines is 1. The summed E-state index contributed by atoms with van der Waals surface area (Å²) in [6, 6.07) is 13.5. The summed E-state index contributed by atoms with van der Waals surface area (Å²) in [5.41, 5.74) is 0.884. The molecule has 140 valence electrons. The predicted molar refractivity (Wildman–Crippen MR) is 103 cm³/mol. The Morgan fingerprint density at radius 2 is 1.93 bits per heavy atom. The fraction of sp³-hybridized carbons (Fsp3) is 0.263. The highest BCUT2D eigenvalue weighted by Crippen LogP contribution is 2.22. The van der Waals surface area contributed by atoms with Gasteiger partial charge >= 0.3 is 6.03 Å². The molecule has 2 amide bonds. The minimum Gasteiger partial charge on any atom is -0.495 e. The molecule has 0 saturated heterocycles. The second-order valence-electron chi connectivity index (χ2n) is 6.00. The van der Waals surface area contributed by atoms with E-state index < -0.39 is 0 Å². The maximum Gasteiger partial charge on any atom is 0.319 e. The summed E-state index contributed by atoms with van der Waals surface area (Å²) in [7, 11) is 1.54. The first-order valence-corrected chi connectivity index (χ1v) is 8.65. The smallest absolute Gasteiger partial charge is 0.319 e. The van der Waals surface area contributed by atoms with E-state index in [0.29, 0.717) is 28.8 Å². The van der Waals surface area contributed by atoms with Crippen molar-refractivity contribution in [2.45, 2.75) is 25.9 Å². The Bertz CT molecular complexity index is 1000. The van der Waals surface area contributed by atoms with E-state index in [9.17, 15) is 9.59 Å². The van der Waals surface area contributed by atoms with Gasteiger partial charge in [-0.2, -0.15) is 0 Å². The third-order valence-corrected chi connectivity index (χ3v) is 4.21. The van der Waals surface area contributed by atoms with Gasteiger partial charge in [-0.15, -0.1) is 5.10 Å². The molecule has 0 saturated carbocycles. The molecule has 0 fully saturated rings. The molecule has 0 spiro atoms. The van der Waals surface area contributed by atoms with Crippen LogP contribution in [0, 0.1) is 0 Å². The zero-order chi connectivity index (χ0) is 19.2. The molecule has 2 N–H and O–H groups in total. The van der Waals surface area contributed by atoms with E-state index in [1.54, 1.807) is 42.5 Å². The number of nitrogens with one attached hydrogen (secondary N) is 2. The summed E-state index contributed by atoms with van der Waals surface area (Å²) in [6.07, 6.45) is 0.625. The zero-order valence-electron chi connectivity index (χ0n) is 15.2. The predicted octanol–water partition coefficient (Wildman–Crippen LogP) is 2.40. The van der Waals surface area contributed by atoms with Crippen LogP contribution in [0.5, 0.6) is 5.75 Å². The normalized spacial score (nSPS) is 11.8. The Morgan fingerprint density at radius 3 is 2.70 bits per heavy atom. The number of carbonyl (C=O) groups excluding carboxylic acids is 1. The third-order valence-electron chi connectivity index (χ3n) is 4.21. The van der Waals surface area contributed by atoms with Gasteiger partial charge in [-0.05, 0) is 30.7 Å². The number of hydrogen-bond donors (Lipinski definition) is 2. The van der Waals surface area contributed by atoms with Gasteiger partial charge in [-0.25, -0.2) is 9.48 Å². The SMILES string of the molecule is CC[C@H](Cn1nnc2ccccc2c1=O)NC(=O)Nc1ccccc1OC. The van der Waals surface area contributed by atoms with Gasteiger partial charge in [-0.1, -0.05) is 36.4 Å². The second kappa shape index (κ2) is 8.31. The number of ether oxygens (including phenoxy) is 1. The van der Waals surface area contributed by atoms with Crippen LogP contribution < -0.4 is 20.9 Å². The lowest BCUT2D eigenvalue weighted by Crippen LogP contribution is -2.42. The van der Waals surface area contributed by atoms with Crippen molar-refractivity contribution in [1.29, 1.82) is 0 Å². The summed E-state index contributed by atoms with van der Waals surface area (Å²) in [5.74, 6) is 0.567. The summed E-state index contributed by atoms with van der Waals surface area (Å²) >= 11 is 0. The minimum absolute atomic E-state index is 0.229. The van der Waals surface area contributed by atoms with Crippen molar-refractivity contribution >= 4 is 22.6 Å². The topological polar surface area (TPSA) is 98.1 Å². The quantitative estimate of drug-likeness (QED) is 0.697. The lowest BCUT2D eigenvalue weighted by Gasteiger charge is -2.18. The average molecular weight is 367 g/mol. The number of amides is 2. The molecule has 2 aromatic carbocycles. The highest BCUT2D eigenvalue weighted by Gasteiger charge is 2.15. The highest BCUT2D eigenvalue weighted by molar-refractivity contribution is 5.91. The van der Waals surface area contributed by atoms with Gasteiger partial charge in [0.15, 0.2) is 0 Å². The summed E-state index contributed by atoms with van der Waals surface area (Å²) in [4.78, 5) is 24.9. The first-order chi connectivity index (χ1) is 13.1. The Morgan fingerprint density at radius 1 is 1.19 bits per heavy atom. The lowest BCUT2D eigenvalue weighted by molar-refractivity contribution is 0.245. The van der Waals surface area contributed by atoms with Crippen molar-refractivity contribution in [3.05, 3.63) is 58.9 Å². The fourth-order valence-corrected chi connectivity index (χ4v) is 2.72. The molecule has 1 heterocycles. The van der Waals surface area contributed by atoms with Crippen LogP contribution in [0.1, 0.15) is 13.3 Å². The Labute approximate surface area is 156 Å². The van der Waals surface area contributed by atoms with Crippen molar-refractivity contribution in [3.63, 3.8) is 0 Å². The molecule has 0 aliphatic rings. The molecule has 1 aromatic heterocycles. The van der Waals surface area contributed by atoms with Crippen molar-refractivity contribution in [2.24, 2.45) is 0 Å². The minimum atomic E-state index is -0.381. The number of nitrogens with zero attached hydrogens (tertiary/aromatic N) is 3. The summed E-state index contributed by atoms with van der Waals surface area (Å²) < 4.78 is 6.50. The molecule has 0 unspecified atom stereocenters. The largest absolute Gasteiger partial charge is 0.495 e. The molecule has 0 aliphatic carbocycles. The summed E-state index contributed by atoms with van der Waals surface area (Å²) in [6.45, 7) is 2.15. The standard InChI is InChI=1S/C19H21N5O3/c1-3-13(20-19(26)21-16-10-6-7-11-17(16)27-2)12-24-18(25)14-8-4-5-9-15(14)22-23-24/h4-11,13H,3,12H2,1-2H3,(H2,20,21,26)/t13-/m1/s1. The zero-order valence-corrected chi connectivity index (χ0v) is 15.2.